The maximum atomic E-state index is 13.2. The van der Waals surface area contributed by atoms with Gasteiger partial charge in [-0.1, -0.05) is 55.5 Å². The Hall–Kier alpha value is -2.99. The maximum absolute atomic E-state index is 13.2. The number of likely N-dealkylation sites (tertiary alicyclic amines) is 1. The fourth-order valence-corrected chi connectivity index (χ4v) is 4.44. The van der Waals surface area contributed by atoms with Gasteiger partial charge in [0.05, 0.1) is 11.9 Å². The van der Waals surface area contributed by atoms with Crippen LogP contribution in [0.15, 0.2) is 59.4 Å². The summed E-state index contributed by atoms with van der Waals surface area (Å²) in [4.78, 5) is 28.6. The monoisotopic (exact) mass is 418 g/mol. The zero-order chi connectivity index (χ0) is 21.8. The van der Waals surface area contributed by atoms with Crippen molar-refractivity contribution in [1.29, 1.82) is 0 Å². The summed E-state index contributed by atoms with van der Waals surface area (Å²) in [5.41, 5.74) is 1.07. The van der Waals surface area contributed by atoms with E-state index >= 15 is 0 Å². The summed E-state index contributed by atoms with van der Waals surface area (Å²) in [5, 5.41) is 8.69. The van der Waals surface area contributed by atoms with Gasteiger partial charge in [-0.3, -0.25) is 9.59 Å². The van der Waals surface area contributed by atoms with Crippen molar-refractivity contribution in [3.05, 3.63) is 76.2 Å². The molecule has 1 fully saturated rings. The number of hydrogen-bond donors (Lipinski definition) is 1. The minimum absolute atomic E-state index is 0.00661. The summed E-state index contributed by atoms with van der Waals surface area (Å²) < 4.78 is 1.39. The smallest absolute Gasteiger partial charge is 0.274 e. The SMILES string of the molecule is CC1CCCN(CC(C)NC(=O)c2nn(Cc3ccccc3)c(=O)c3ccccc23)C1. The molecule has 162 valence electrons. The van der Waals surface area contributed by atoms with Crippen LogP contribution >= 0.6 is 0 Å². The van der Waals surface area contributed by atoms with Crippen molar-refractivity contribution in [3.63, 3.8) is 0 Å². The highest BCUT2D eigenvalue weighted by Crippen LogP contribution is 2.16. The average molecular weight is 419 g/mol. The molecule has 4 rings (SSSR count). The summed E-state index contributed by atoms with van der Waals surface area (Å²) >= 11 is 0. The summed E-state index contributed by atoms with van der Waals surface area (Å²) in [6.07, 6.45) is 2.48. The number of benzene rings is 2. The molecule has 2 unspecified atom stereocenters. The fourth-order valence-electron chi connectivity index (χ4n) is 4.44. The first-order valence-corrected chi connectivity index (χ1v) is 11.1. The van der Waals surface area contributed by atoms with Gasteiger partial charge >= 0.3 is 0 Å². The molecule has 1 saturated heterocycles. The van der Waals surface area contributed by atoms with E-state index in [1.165, 1.54) is 17.5 Å². The van der Waals surface area contributed by atoms with Gasteiger partial charge in [0.15, 0.2) is 5.69 Å². The quantitative estimate of drug-likeness (QED) is 0.667. The van der Waals surface area contributed by atoms with Gasteiger partial charge in [-0.05, 0) is 43.9 Å². The lowest BCUT2D eigenvalue weighted by Gasteiger charge is -2.32. The van der Waals surface area contributed by atoms with Crippen molar-refractivity contribution >= 4 is 16.7 Å². The third-order valence-corrected chi connectivity index (χ3v) is 5.91. The third kappa shape index (κ3) is 5.02. The highest BCUT2D eigenvalue weighted by Gasteiger charge is 2.21. The number of amides is 1. The Balaban J connectivity index is 1.59. The lowest BCUT2D eigenvalue weighted by atomic mass is 10.00. The molecule has 1 aliphatic rings. The Morgan fingerprint density at radius 3 is 2.58 bits per heavy atom. The van der Waals surface area contributed by atoms with Crippen LogP contribution in [-0.2, 0) is 6.54 Å². The lowest BCUT2D eigenvalue weighted by molar-refractivity contribution is 0.0914. The molecule has 0 bridgehead atoms. The van der Waals surface area contributed by atoms with Gasteiger partial charge in [0.25, 0.3) is 11.5 Å². The molecule has 1 N–H and O–H groups in total. The predicted octanol–water partition coefficient (Wildman–Crippen LogP) is 3.30. The molecule has 0 aliphatic carbocycles. The van der Waals surface area contributed by atoms with Crippen LogP contribution in [0.1, 0.15) is 42.7 Å². The Morgan fingerprint density at radius 1 is 1.13 bits per heavy atom. The molecule has 1 aliphatic heterocycles. The minimum atomic E-state index is -0.240. The summed E-state index contributed by atoms with van der Waals surface area (Å²) in [7, 11) is 0. The van der Waals surface area contributed by atoms with Crippen LogP contribution < -0.4 is 10.9 Å². The number of aromatic nitrogens is 2. The van der Waals surface area contributed by atoms with Gasteiger partial charge in [0.1, 0.15) is 0 Å². The van der Waals surface area contributed by atoms with Crippen molar-refractivity contribution in [2.45, 2.75) is 39.3 Å². The van der Waals surface area contributed by atoms with E-state index in [1.807, 2.05) is 49.4 Å². The van der Waals surface area contributed by atoms with Gasteiger partial charge in [-0.25, -0.2) is 4.68 Å². The number of nitrogens with one attached hydrogen (secondary N) is 1. The topological polar surface area (TPSA) is 67.2 Å². The average Bonchev–Trinajstić information content (AvgIpc) is 2.76. The summed E-state index contributed by atoms with van der Waals surface area (Å²) in [6, 6.07) is 16.9. The van der Waals surface area contributed by atoms with Gasteiger partial charge in [-0.2, -0.15) is 5.10 Å². The first-order chi connectivity index (χ1) is 15.0. The Bertz CT molecular complexity index is 1110. The van der Waals surface area contributed by atoms with E-state index in [2.05, 4.69) is 22.2 Å². The number of carbonyl (C=O) groups is 1. The number of carbonyl (C=O) groups excluding carboxylic acids is 1. The van der Waals surface area contributed by atoms with Crippen molar-refractivity contribution in [2.24, 2.45) is 5.92 Å². The molecule has 31 heavy (non-hydrogen) atoms. The van der Waals surface area contributed by atoms with Gasteiger partial charge in [0.2, 0.25) is 0 Å². The van der Waals surface area contributed by atoms with Crippen LogP contribution in [0.3, 0.4) is 0 Å². The van der Waals surface area contributed by atoms with E-state index in [-0.39, 0.29) is 17.5 Å². The standard InChI is InChI=1S/C25H30N4O2/c1-18-9-8-14-28(15-18)16-19(2)26-24(30)23-21-12-6-7-13-22(21)25(31)29(27-23)17-20-10-4-3-5-11-20/h3-7,10-13,18-19H,8-9,14-17H2,1-2H3,(H,26,30). The highest BCUT2D eigenvalue weighted by atomic mass is 16.2. The molecule has 1 aromatic heterocycles. The Morgan fingerprint density at radius 2 is 1.84 bits per heavy atom. The van der Waals surface area contributed by atoms with Crippen LogP contribution in [0, 0.1) is 5.92 Å². The second-order valence-corrected chi connectivity index (χ2v) is 8.72. The van der Waals surface area contributed by atoms with Crippen LogP contribution in [0.4, 0.5) is 0 Å². The first kappa shape index (κ1) is 21.2. The molecule has 1 amide bonds. The highest BCUT2D eigenvalue weighted by molar-refractivity contribution is 6.04. The fraction of sp³-hybridized carbons (Fsp3) is 0.400. The molecule has 0 saturated carbocycles. The van der Waals surface area contributed by atoms with E-state index in [1.54, 1.807) is 12.1 Å². The zero-order valence-electron chi connectivity index (χ0n) is 18.3. The van der Waals surface area contributed by atoms with E-state index in [9.17, 15) is 9.59 Å². The largest absolute Gasteiger partial charge is 0.347 e. The first-order valence-electron chi connectivity index (χ1n) is 11.1. The molecular weight excluding hydrogens is 388 g/mol. The number of fused-ring (bicyclic) bond motifs is 1. The van der Waals surface area contributed by atoms with Crippen molar-refractivity contribution in [3.8, 4) is 0 Å². The summed E-state index contributed by atoms with van der Waals surface area (Å²) in [6.45, 7) is 7.60. The normalized spacial score (nSPS) is 18.1. The molecule has 2 heterocycles. The number of rotatable bonds is 6. The molecule has 6 heteroatoms. The lowest BCUT2D eigenvalue weighted by Crippen LogP contribution is -2.45. The molecule has 6 nitrogen and oxygen atoms in total. The number of hydrogen-bond acceptors (Lipinski definition) is 4. The van der Waals surface area contributed by atoms with Crippen molar-refractivity contribution < 1.29 is 4.79 Å². The minimum Gasteiger partial charge on any atom is -0.347 e. The van der Waals surface area contributed by atoms with E-state index in [0.717, 1.165) is 25.2 Å². The third-order valence-electron chi connectivity index (χ3n) is 5.91. The van der Waals surface area contributed by atoms with Gasteiger partial charge in [0, 0.05) is 24.5 Å². The second kappa shape index (κ2) is 9.43. The van der Waals surface area contributed by atoms with Gasteiger partial charge < -0.3 is 10.2 Å². The van der Waals surface area contributed by atoms with Crippen LogP contribution in [0.25, 0.3) is 10.8 Å². The van der Waals surface area contributed by atoms with E-state index < -0.39 is 0 Å². The van der Waals surface area contributed by atoms with E-state index in [0.29, 0.717) is 28.9 Å². The zero-order valence-corrected chi connectivity index (χ0v) is 18.3. The van der Waals surface area contributed by atoms with E-state index in [4.69, 9.17) is 0 Å². The number of piperidine rings is 1. The molecule has 0 radical (unpaired) electrons. The van der Waals surface area contributed by atoms with Crippen molar-refractivity contribution in [2.75, 3.05) is 19.6 Å². The summed E-state index contributed by atoms with van der Waals surface area (Å²) in [5.74, 6) is 0.458. The predicted molar refractivity (Wildman–Crippen MR) is 123 cm³/mol. The Kier molecular flexibility index (Phi) is 6.47. The van der Waals surface area contributed by atoms with Crippen molar-refractivity contribution in [1.82, 2.24) is 20.0 Å². The number of nitrogens with zero attached hydrogens (tertiary/aromatic N) is 3. The van der Waals surface area contributed by atoms with Gasteiger partial charge in [-0.15, -0.1) is 0 Å². The van der Waals surface area contributed by atoms with Crippen LogP contribution in [-0.4, -0.2) is 46.3 Å². The van der Waals surface area contributed by atoms with Crippen LogP contribution in [0.2, 0.25) is 0 Å². The molecule has 2 atom stereocenters. The molecule has 0 spiro atoms. The Labute approximate surface area is 182 Å². The maximum Gasteiger partial charge on any atom is 0.274 e. The molecule has 2 aromatic carbocycles. The second-order valence-electron chi connectivity index (χ2n) is 8.72. The van der Waals surface area contributed by atoms with Crippen LogP contribution in [0.5, 0.6) is 0 Å². The molecular formula is C25H30N4O2. The molecule has 3 aromatic rings.